The number of nitriles is 1. The molecular formula is C17H11ClN4O3. The van der Waals surface area contributed by atoms with Crippen LogP contribution in [0.3, 0.4) is 0 Å². The first-order chi connectivity index (χ1) is 12.1. The van der Waals surface area contributed by atoms with Crippen LogP contribution in [0.4, 0.5) is 0 Å². The molecule has 0 bridgehead atoms. The fourth-order valence-electron chi connectivity index (χ4n) is 2.39. The molecule has 0 saturated carbocycles. The van der Waals surface area contributed by atoms with E-state index in [0.717, 1.165) is 0 Å². The molecule has 0 aliphatic carbocycles. The number of rotatable bonds is 3. The molecule has 0 N–H and O–H groups in total. The van der Waals surface area contributed by atoms with Gasteiger partial charge in [-0.25, -0.2) is 14.5 Å². The molecule has 0 aliphatic rings. The molecule has 0 fully saturated rings. The molecule has 0 aliphatic heterocycles. The van der Waals surface area contributed by atoms with Crippen molar-refractivity contribution in [3.8, 4) is 11.8 Å². The highest BCUT2D eigenvalue weighted by molar-refractivity contribution is 6.29. The second-order valence-corrected chi connectivity index (χ2v) is 5.35. The van der Waals surface area contributed by atoms with Gasteiger partial charge in [-0.15, -0.1) is 0 Å². The Morgan fingerprint density at radius 2 is 2.16 bits per heavy atom. The number of hydrogen-bond donors (Lipinski definition) is 0. The van der Waals surface area contributed by atoms with Gasteiger partial charge in [0.15, 0.2) is 0 Å². The average Bonchev–Trinajstić information content (AvgIpc) is 2.62. The number of hydrogen-bond acceptors (Lipinski definition) is 6. The smallest absolute Gasteiger partial charge is 0.362 e. The molecule has 0 spiro atoms. The number of benzene rings is 1. The number of aromatic nitrogens is 3. The monoisotopic (exact) mass is 354 g/mol. The Kier molecular flexibility index (Phi) is 4.46. The summed E-state index contributed by atoms with van der Waals surface area (Å²) in [7, 11) is 0. The number of nitrogens with zero attached hydrogens (tertiary/aromatic N) is 4. The van der Waals surface area contributed by atoms with E-state index in [-0.39, 0.29) is 22.7 Å². The van der Waals surface area contributed by atoms with Crippen molar-refractivity contribution in [1.82, 2.24) is 14.8 Å². The predicted molar refractivity (Wildman–Crippen MR) is 90.8 cm³/mol. The number of pyridine rings is 1. The van der Waals surface area contributed by atoms with Crippen LogP contribution >= 0.6 is 11.6 Å². The molecule has 2 heterocycles. The fourth-order valence-corrected chi connectivity index (χ4v) is 2.50. The molecule has 0 saturated heterocycles. The largest absolute Gasteiger partial charge is 0.461 e. The Morgan fingerprint density at radius 1 is 1.36 bits per heavy atom. The number of fused-ring (bicyclic) bond motifs is 1. The second kappa shape index (κ2) is 6.71. The minimum absolute atomic E-state index is 0.0954. The van der Waals surface area contributed by atoms with Gasteiger partial charge in [0.25, 0.3) is 0 Å². The van der Waals surface area contributed by atoms with E-state index in [2.05, 4.69) is 10.1 Å². The molecule has 3 aromatic rings. The number of carbonyl (C=O) groups is 1. The van der Waals surface area contributed by atoms with Crippen LogP contribution in [0, 0.1) is 11.3 Å². The lowest BCUT2D eigenvalue weighted by atomic mass is 10.1. The molecule has 124 valence electrons. The van der Waals surface area contributed by atoms with Crippen molar-refractivity contribution in [3.05, 3.63) is 63.2 Å². The molecule has 2 aromatic heterocycles. The topological polar surface area (TPSA) is 97.9 Å². The van der Waals surface area contributed by atoms with Crippen molar-refractivity contribution in [2.24, 2.45) is 0 Å². The lowest BCUT2D eigenvalue weighted by molar-refractivity contribution is 0.0516. The number of esters is 1. The van der Waals surface area contributed by atoms with Crippen LogP contribution in [0.25, 0.3) is 16.6 Å². The van der Waals surface area contributed by atoms with E-state index >= 15 is 0 Å². The number of carbonyl (C=O) groups excluding carboxylic acids is 1. The highest BCUT2D eigenvalue weighted by atomic mass is 35.5. The molecule has 0 radical (unpaired) electrons. The van der Waals surface area contributed by atoms with Crippen molar-refractivity contribution in [2.45, 2.75) is 6.92 Å². The zero-order valence-corrected chi connectivity index (χ0v) is 13.8. The lowest BCUT2D eigenvalue weighted by Crippen LogP contribution is -2.24. The summed E-state index contributed by atoms with van der Waals surface area (Å²) < 4.78 is 6.27. The molecule has 8 heteroatoms. The molecule has 1 aromatic carbocycles. The van der Waals surface area contributed by atoms with Crippen LogP contribution in [0.1, 0.15) is 23.0 Å². The molecule has 0 amide bonds. The van der Waals surface area contributed by atoms with E-state index < -0.39 is 17.1 Å². The van der Waals surface area contributed by atoms with Gasteiger partial charge in [0, 0.05) is 0 Å². The zero-order chi connectivity index (χ0) is 18.0. The Morgan fingerprint density at radius 3 is 2.80 bits per heavy atom. The Hall–Kier alpha value is -3.24. The quantitative estimate of drug-likeness (QED) is 0.529. The van der Waals surface area contributed by atoms with Gasteiger partial charge in [0.2, 0.25) is 11.1 Å². The summed E-state index contributed by atoms with van der Waals surface area (Å²) in [4.78, 5) is 28.8. The summed E-state index contributed by atoms with van der Waals surface area (Å²) in [5.74, 6) is -0.849. The maximum atomic E-state index is 12.7. The van der Waals surface area contributed by atoms with Crippen molar-refractivity contribution in [3.63, 3.8) is 0 Å². The molecule has 25 heavy (non-hydrogen) atoms. The first kappa shape index (κ1) is 16.6. The van der Waals surface area contributed by atoms with Gasteiger partial charge < -0.3 is 4.74 Å². The highest BCUT2D eigenvalue weighted by Gasteiger charge is 2.21. The van der Waals surface area contributed by atoms with Crippen LogP contribution in [0.2, 0.25) is 5.15 Å². The van der Waals surface area contributed by atoms with Crippen molar-refractivity contribution in [2.75, 3.05) is 6.61 Å². The minimum Gasteiger partial charge on any atom is -0.461 e. The molecule has 7 nitrogen and oxygen atoms in total. The van der Waals surface area contributed by atoms with E-state index in [1.54, 1.807) is 31.2 Å². The summed E-state index contributed by atoms with van der Waals surface area (Å²) in [5.41, 5.74) is -0.0434. The fraction of sp³-hybridized carbons (Fsp3) is 0.118. The van der Waals surface area contributed by atoms with Gasteiger partial charge in [-0.3, -0.25) is 4.79 Å². The summed E-state index contributed by atoms with van der Waals surface area (Å²) in [6.45, 7) is 1.72. The van der Waals surface area contributed by atoms with E-state index in [1.807, 2.05) is 6.07 Å². The average molecular weight is 355 g/mol. The third kappa shape index (κ3) is 2.95. The summed E-state index contributed by atoms with van der Waals surface area (Å²) >= 11 is 5.81. The van der Waals surface area contributed by atoms with Crippen LogP contribution in [0.15, 0.2) is 41.3 Å². The normalized spacial score (nSPS) is 10.4. The van der Waals surface area contributed by atoms with Gasteiger partial charge in [-0.05, 0) is 31.2 Å². The molecular weight excluding hydrogens is 344 g/mol. The molecule has 3 rings (SSSR count). The minimum atomic E-state index is -0.849. The predicted octanol–water partition coefficient (Wildman–Crippen LogP) is 2.48. The zero-order valence-electron chi connectivity index (χ0n) is 13.1. The van der Waals surface area contributed by atoms with Crippen molar-refractivity contribution >= 4 is 28.5 Å². The second-order valence-electron chi connectivity index (χ2n) is 4.96. The van der Waals surface area contributed by atoms with E-state index in [4.69, 9.17) is 16.3 Å². The van der Waals surface area contributed by atoms with E-state index in [1.165, 1.54) is 16.9 Å². The van der Waals surface area contributed by atoms with Crippen LogP contribution in [0.5, 0.6) is 0 Å². The standard InChI is InChI=1S/C17H11ClN4O3/c1-2-25-17(24)15-16(23)14-10(8-19)4-3-5-12(14)22(21-15)11-6-7-13(18)20-9-11/h3-7,9H,2H2,1H3. The molecule has 0 atom stereocenters. The number of halogens is 1. The van der Waals surface area contributed by atoms with Crippen molar-refractivity contribution in [1.29, 1.82) is 5.26 Å². The third-order valence-corrected chi connectivity index (χ3v) is 3.68. The number of ether oxygens (including phenoxy) is 1. The first-order valence-corrected chi connectivity index (χ1v) is 7.69. The summed E-state index contributed by atoms with van der Waals surface area (Å²) in [6, 6.07) is 9.93. The van der Waals surface area contributed by atoms with Gasteiger partial charge in [0.1, 0.15) is 5.15 Å². The maximum absolute atomic E-state index is 12.7. The SMILES string of the molecule is CCOC(=O)c1nn(-c2ccc(Cl)nc2)c2cccc(C#N)c2c1=O. The molecule has 0 unspecified atom stereocenters. The van der Waals surface area contributed by atoms with E-state index in [0.29, 0.717) is 11.2 Å². The van der Waals surface area contributed by atoms with Crippen molar-refractivity contribution < 1.29 is 9.53 Å². The van der Waals surface area contributed by atoms with Crippen LogP contribution < -0.4 is 5.43 Å². The third-order valence-electron chi connectivity index (χ3n) is 3.46. The Labute approximate surface area is 147 Å². The highest BCUT2D eigenvalue weighted by Crippen LogP contribution is 2.19. The lowest BCUT2D eigenvalue weighted by Gasteiger charge is -2.12. The Bertz CT molecular complexity index is 1070. The van der Waals surface area contributed by atoms with Gasteiger partial charge in [-0.2, -0.15) is 10.4 Å². The van der Waals surface area contributed by atoms with Crippen LogP contribution in [-0.2, 0) is 4.74 Å². The first-order valence-electron chi connectivity index (χ1n) is 7.32. The van der Waals surface area contributed by atoms with Gasteiger partial charge in [0.05, 0.1) is 41.0 Å². The summed E-state index contributed by atoms with van der Waals surface area (Å²) in [6.07, 6.45) is 1.45. The maximum Gasteiger partial charge on any atom is 0.362 e. The van der Waals surface area contributed by atoms with E-state index in [9.17, 15) is 14.9 Å². The van der Waals surface area contributed by atoms with Crippen LogP contribution in [-0.4, -0.2) is 27.3 Å². The summed E-state index contributed by atoms with van der Waals surface area (Å²) in [5, 5.41) is 13.8. The van der Waals surface area contributed by atoms with Gasteiger partial charge >= 0.3 is 5.97 Å². The van der Waals surface area contributed by atoms with Gasteiger partial charge in [-0.1, -0.05) is 17.7 Å². The Balaban J connectivity index is 2.42.